The summed E-state index contributed by atoms with van der Waals surface area (Å²) in [6, 6.07) is 5.90. The van der Waals surface area contributed by atoms with Crippen LogP contribution in [-0.4, -0.2) is 67.2 Å². The zero-order valence-corrected chi connectivity index (χ0v) is 12.9. The number of halogens is 1. The fraction of sp³-hybridized carbons (Fsp3) is 0.500. The summed E-state index contributed by atoms with van der Waals surface area (Å²) in [5.41, 5.74) is 0.849. The van der Waals surface area contributed by atoms with Gasteiger partial charge in [-0.25, -0.2) is 4.39 Å². The van der Waals surface area contributed by atoms with Crippen LogP contribution in [0.15, 0.2) is 24.3 Å². The van der Waals surface area contributed by atoms with E-state index < -0.39 is 0 Å². The Morgan fingerprint density at radius 3 is 2.78 bits per heavy atom. The standard InChI is InChI=1S/C16H19FN2O4/c1-22-9-15(20)18-7-13-14(8-18)23-10-16(21)19(13)6-11-2-4-12(17)5-3-11/h2-5,13-14H,6-10H2,1H3/t13-,14-/m1/s1. The summed E-state index contributed by atoms with van der Waals surface area (Å²) in [4.78, 5) is 27.6. The Balaban J connectivity index is 1.72. The molecule has 0 spiro atoms. The van der Waals surface area contributed by atoms with Crippen LogP contribution in [0, 0.1) is 5.82 Å². The lowest BCUT2D eigenvalue weighted by atomic mass is 10.1. The van der Waals surface area contributed by atoms with Crippen molar-refractivity contribution in [2.45, 2.75) is 18.7 Å². The second-order valence-corrected chi connectivity index (χ2v) is 5.80. The molecule has 2 atom stereocenters. The summed E-state index contributed by atoms with van der Waals surface area (Å²) in [5.74, 6) is -0.534. The first-order valence-corrected chi connectivity index (χ1v) is 7.50. The normalized spacial score (nSPS) is 24.0. The number of rotatable bonds is 4. The maximum absolute atomic E-state index is 13.0. The number of carbonyl (C=O) groups is 2. The fourth-order valence-electron chi connectivity index (χ4n) is 3.08. The Kier molecular flexibility index (Phi) is 4.58. The number of fused-ring (bicyclic) bond motifs is 1. The minimum atomic E-state index is -0.308. The molecule has 7 heteroatoms. The number of benzene rings is 1. The zero-order valence-electron chi connectivity index (χ0n) is 12.9. The van der Waals surface area contributed by atoms with Crippen molar-refractivity contribution < 1.29 is 23.5 Å². The highest BCUT2D eigenvalue weighted by Gasteiger charge is 2.44. The van der Waals surface area contributed by atoms with E-state index in [0.29, 0.717) is 19.6 Å². The largest absolute Gasteiger partial charge is 0.375 e. The van der Waals surface area contributed by atoms with Gasteiger partial charge in [-0.1, -0.05) is 12.1 Å². The Morgan fingerprint density at radius 2 is 2.09 bits per heavy atom. The van der Waals surface area contributed by atoms with Crippen molar-refractivity contribution in [3.63, 3.8) is 0 Å². The maximum atomic E-state index is 13.0. The predicted molar refractivity (Wildman–Crippen MR) is 78.9 cm³/mol. The third kappa shape index (κ3) is 3.35. The molecule has 3 rings (SSSR count). The van der Waals surface area contributed by atoms with Crippen molar-refractivity contribution in [1.82, 2.24) is 9.80 Å². The van der Waals surface area contributed by atoms with Crippen LogP contribution >= 0.6 is 0 Å². The first-order chi connectivity index (χ1) is 11.1. The number of amides is 2. The molecule has 2 saturated heterocycles. The lowest BCUT2D eigenvalue weighted by Gasteiger charge is -2.36. The van der Waals surface area contributed by atoms with Crippen molar-refractivity contribution >= 4 is 11.8 Å². The molecule has 2 aliphatic heterocycles. The van der Waals surface area contributed by atoms with Crippen LogP contribution in [0.5, 0.6) is 0 Å². The highest BCUT2D eigenvalue weighted by molar-refractivity contribution is 5.80. The van der Waals surface area contributed by atoms with Gasteiger partial charge in [-0.15, -0.1) is 0 Å². The topological polar surface area (TPSA) is 59.1 Å². The molecule has 0 saturated carbocycles. The quantitative estimate of drug-likeness (QED) is 0.806. The van der Waals surface area contributed by atoms with Crippen molar-refractivity contribution in [1.29, 1.82) is 0 Å². The van der Waals surface area contributed by atoms with Crippen molar-refractivity contribution in [2.24, 2.45) is 0 Å². The summed E-state index contributed by atoms with van der Waals surface area (Å²) in [7, 11) is 1.47. The molecule has 0 aliphatic carbocycles. The Hall–Kier alpha value is -1.99. The van der Waals surface area contributed by atoms with Crippen LogP contribution in [0.25, 0.3) is 0 Å². The highest BCUT2D eigenvalue weighted by atomic mass is 19.1. The van der Waals surface area contributed by atoms with Gasteiger partial charge in [0, 0.05) is 26.7 Å². The van der Waals surface area contributed by atoms with Gasteiger partial charge in [0.2, 0.25) is 11.8 Å². The molecule has 2 fully saturated rings. The molecule has 2 aliphatic rings. The van der Waals surface area contributed by atoms with Gasteiger partial charge in [-0.3, -0.25) is 9.59 Å². The first kappa shape index (κ1) is 15.9. The van der Waals surface area contributed by atoms with Gasteiger partial charge in [0.25, 0.3) is 0 Å². The predicted octanol–water partition coefficient (Wildman–Crippen LogP) is 0.410. The van der Waals surface area contributed by atoms with E-state index in [2.05, 4.69) is 0 Å². The van der Waals surface area contributed by atoms with E-state index >= 15 is 0 Å². The van der Waals surface area contributed by atoms with Gasteiger partial charge in [0.15, 0.2) is 0 Å². The van der Waals surface area contributed by atoms with Crippen LogP contribution in [-0.2, 0) is 25.6 Å². The fourth-order valence-corrected chi connectivity index (χ4v) is 3.08. The molecule has 0 radical (unpaired) electrons. The molecular formula is C16H19FN2O4. The second kappa shape index (κ2) is 6.64. The third-order valence-corrected chi connectivity index (χ3v) is 4.27. The van der Waals surface area contributed by atoms with Crippen LogP contribution in [0.4, 0.5) is 4.39 Å². The summed E-state index contributed by atoms with van der Waals surface area (Å²) in [6.07, 6.45) is -0.186. The van der Waals surface area contributed by atoms with E-state index in [1.165, 1.54) is 19.2 Å². The Labute approximate surface area is 133 Å². The third-order valence-electron chi connectivity index (χ3n) is 4.27. The van der Waals surface area contributed by atoms with Gasteiger partial charge in [0.1, 0.15) is 19.0 Å². The number of morpholine rings is 1. The number of likely N-dealkylation sites (tertiary alicyclic amines) is 1. The summed E-state index contributed by atoms with van der Waals surface area (Å²) in [6.45, 7) is 1.30. The molecule has 2 heterocycles. The van der Waals surface area contributed by atoms with Crippen LogP contribution < -0.4 is 0 Å². The molecule has 0 unspecified atom stereocenters. The lowest BCUT2D eigenvalue weighted by Crippen LogP contribution is -2.53. The van der Waals surface area contributed by atoms with E-state index in [1.807, 2.05) is 0 Å². The van der Waals surface area contributed by atoms with Gasteiger partial charge < -0.3 is 19.3 Å². The number of nitrogens with zero attached hydrogens (tertiary/aromatic N) is 2. The summed E-state index contributed by atoms with van der Waals surface area (Å²) < 4.78 is 23.5. The Morgan fingerprint density at radius 1 is 1.35 bits per heavy atom. The van der Waals surface area contributed by atoms with E-state index in [-0.39, 0.29) is 43.0 Å². The van der Waals surface area contributed by atoms with Crippen LogP contribution in [0.2, 0.25) is 0 Å². The van der Waals surface area contributed by atoms with E-state index in [9.17, 15) is 14.0 Å². The minimum Gasteiger partial charge on any atom is -0.375 e. The maximum Gasteiger partial charge on any atom is 0.249 e. The highest BCUT2D eigenvalue weighted by Crippen LogP contribution is 2.25. The molecule has 124 valence electrons. The minimum absolute atomic E-state index is 0.00860. The van der Waals surface area contributed by atoms with E-state index in [0.717, 1.165) is 5.56 Å². The molecular weight excluding hydrogens is 303 g/mol. The van der Waals surface area contributed by atoms with Gasteiger partial charge >= 0.3 is 0 Å². The average molecular weight is 322 g/mol. The smallest absolute Gasteiger partial charge is 0.249 e. The lowest BCUT2D eigenvalue weighted by molar-refractivity contribution is -0.153. The average Bonchev–Trinajstić information content (AvgIpc) is 2.97. The SMILES string of the molecule is COCC(=O)N1C[C@@H]2[C@@H](C1)OCC(=O)N2Cc1ccc(F)cc1. The summed E-state index contributed by atoms with van der Waals surface area (Å²) in [5, 5.41) is 0. The number of ether oxygens (including phenoxy) is 2. The molecule has 2 amide bonds. The molecule has 0 bridgehead atoms. The van der Waals surface area contributed by atoms with Crippen LogP contribution in [0.1, 0.15) is 5.56 Å². The van der Waals surface area contributed by atoms with E-state index in [1.54, 1.807) is 21.9 Å². The number of methoxy groups -OCH3 is 1. The molecule has 0 N–H and O–H groups in total. The molecule has 1 aromatic rings. The molecule has 0 aromatic heterocycles. The van der Waals surface area contributed by atoms with Gasteiger partial charge in [-0.2, -0.15) is 0 Å². The Bertz CT molecular complexity index is 592. The first-order valence-electron chi connectivity index (χ1n) is 7.50. The van der Waals surface area contributed by atoms with Crippen molar-refractivity contribution in [3.05, 3.63) is 35.6 Å². The summed E-state index contributed by atoms with van der Waals surface area (Å²) >= 11 is 0. The number of hydrogen-bond acceptors (Lipinski definition) is 4. The number of carbonyl (C=O) groups excluding carboxylic acids is 2. The molecule has 1 aromatic carbocycles. The van der Waals surface area contributed by atoms with E-state index in [4.69, 9.17) is 9.47 Å². The van der Waals surface area contributed by atoms with Crippen molar-refractivity contribution in [3.8, 4) is 0 Å². The van der Waals surface area contributed by atoms with Gasteiger partial charge in [-0.05, 0) is 17.7 Å². The number of hydrogen-bond donors (Lipinski definition) is 0. The van der Waals surface area contributed by atoms with Crippen molar-refractivity contribution in [2.75, 3.05) is 33.4 Å². The molecule has 23 heavy (non-hydrogen) atoms. The molecule has 6 nitrogen and oxygen atoms in total. The van der Waals surface area contributed by atoms with Crippen LogP contribution in [0.3, 0.4) is 0 Å². The second-order valence-electron chi connectivity index (χ2n) is 5.80. The monoisotopic (exact) mass is 322 g/mol. The van der Waals surface area contributed by atoms with Gasteiger partial charge in [0.05, 0.1) is 12.1 Å². The zero-order chi connectivity index (χ0) is 16.4.